The molecular formula is C23H29N5O5S. The third-order valence-corrected chi connectivity index (χ3v) is 6.93. The molecule has 1 unspecified atom stereocenters. The summed E-state index contributed by atoms with van der Waals surface area (Å²) in [5.74, 6) is 0.161. The van der Waals surface area contributed by atoms with E-state index in [1.807, 2.05) is 42.6 Å². The van der Waals surface area contributed by atoms with Crippen LogP contribution in [0, 0.1) is 5.92 Å². The Morgan fingerprint density at radius 3 is 2.68 bits per heavy atom. The summed E-state index contributed by atoms with van der Waals surface area (Å²) in [7, 11) is 1.43. The van der Waals surface area contributed by atoms with Crippen LogP contribution in [0.15, 0.2) is 40.2 Å². The highest BCUT2D eigenvalue weighted by atomic mass is 32.1. The molecule has 0 radical (unpaired) electrons. The zero-order valence-corrected chi connectivity index (χ0v) is 20.1. The van der Waals surface area contributed by atoms with Gasteiger partial charge in [-0.05, 0) is 18.1 Å². The van der Waals surface area contributed by atoms with Gasteiger partial charge in [-0.1, -0.05) is 19.9 Å². The van der Waals surface area contributed by atoms with E-state index in [-0.39, 0.29) is 17.8 Å². The number of hydrogen-bond donors (Lipinski definition) is 4. The first-order valence-electron chi connectivity index (χ1n) is 11.1. The first-order valence-corrected chi connectivity index (χ1v) is 11.9. The number of nitrogens with one attached hydrogen (secondary N) is 1. The fourth-order valence-corrected chi connectivity index (χ4v) is 5.38. The molecule has 10 nitrogen and oxygen atoms in total. The molecule has 182 valence electrons. The van der Waals surface area contributed by atoms with Gasteiger partial charge in [0.1, 0.15) is 16.7 Å². The second-order valence-electron chi connectivity index (χ2n) is 8.77. The van der Waals surface area contributed by atoms with Crippen LogP contribution in [0.3, 0.4) is 0 Å². The maximum atomic E-state index is 13.2. The molecule has 11 heteroatoms. The molecule has 34 heavy (non-hydrogen) atoms. The van der Waals surface area contributed by atoms with Gasteiger partial charge in [0.15, 0.2) is 0 Å². The summed E-state index contributed by atoms with van der Waals surface area (Å²) in [5.41, 5.74) is 1.12. The fourth-order valence-electron chi connectivity index (χ4n) is 4.04. The fraction of sp³-hybridized carbons (Fsp3) is 0.435. The lowest BCUT2D eigenvalue weighted by Gasteiger charge is -2.17. The van der Waals surface area contributed by atoms with Crippen molar-refractivity contribution in [1.29, 1.82) is 0 Å². The summed E-state index contributed by atoms with van der Waals surface area (Å²) >= 11 is 1.30. The van der Waals surface area contributed by atoms with Crippen molar-refractivity contribution in [2.45, 2.75) is 39.1 Å². The number of aromatic nitrogens is 4. The molecule has 0 spiro atoms. The Hall–Kier alpha value is -2.83. The van der Waals surface area contributed by atoms with Gasteiger partial charge in [0.2, 0.25) is 0 Å². The number of aliphatic hydroxyl groups excluding tert-OH is 3. The maximum absolute atomic E-state index is 13.2. The van der Waals surface area contributed by atoms with E-state index in [2.05, 4.69) is 10.3 Å². The van der Waals surface area contributed by atoms with Crippen LogP contribution in [0.25, 0.3) is 15.9 Å². The molecule has 0 amide bonds. The number of thiophene rings is 1. The van der Waals surface area contributed by atoms with Crippen molar-refractivity contribution in [2.24, 2.45) is 13.0 Å². The van der Waals surface area contributed by atoms with Crippen LogP contribution in [0.4, 0.5) is 0 Å². The molecule has 0 aliphatic heterocycles. The molecule has 0 bridgehead atoms. The van der Waals surface area contributed by atoms with E-state index in [1.54, 1.807) is 10.8 Å². The molecule has 4 aromatic rings. The second-order valence-corrected chi connectivity index (χ2v) is 9.86. The molecule has 0 aliphatic rings. The van der Waals surface area contributed by atoms with Gasteiger partial charge in [-0.3, -0.25) is 19.2 Å². The second kappa shape index (κ2) is 9.80. The van der Waals surface area contributed by atoms with E-state index < -0.39 is 30.2 Å². The maximum Gasteiger partial charge on any atom is 0.331 e. The molecule has 0 aromatic carbocycles. The van der Waals surface area contributed by atoms with Crippen molar-refractivity contribution in [2.75, 3.05) is 13.2 Å². The van der Waals surface area contributed by atoms with E-state index in [1.165, 1.54) is 18.4 Å². The summed E-state index contributed by atoms with van der Waals surface area (Å²) in [6.45, 7) is 3.86. The molecule has 4 heterocycles. The van der Waals surface area contributed by atoms with Gasteiger partial charge in [-0.15, -0.1) is 11.3 Å². The van der Waals surface area contributed by atoms with Crippen LogP contribution in [0.2, 0.25) is 0 Å². The van der Waals surface area contributed by atoms with E-state index in [0.29, 0.717) is 28.2 Å². The Morgan fingerprint density at radius 2 is 1.97 bits per heavy atom. The lowest BCUT2D eigenvalue weighted by Crippen LogP contribution is -2.39. The van der Waals surface area contributed by atoms with Crippen molar-refractivity contribution in [3.05, 3.63) is 67.6 Å². The minimum atomic E-state index is -1.29. The lowest BCUT2D eigenvalue weighted by atomic mass is 10.1. The van der Waals surface area contributed by atoms with Crippen LogP contribution in [0.1, 0.15) is 36.2 Å². The van der Waals surface area contributed by atoms with E-state index >= 15 is 0 Å². The molecule has 0 aliphatic carbocycles. The minimum absolute atomic E-state index is 0.0734. The van der Waals surface area contributed by atoms with Gasteiger partial charge < -0.3 is 19.7 Å². The Kier molecular flexibility index (Phi) is 7.01. The van der Waals surface area contributed by atoms with Crippen LogP contribution < -0.4 is 16.6 Å². The standard InChI is InChI=1S/C23H29N5O5S/c1-13(2)11-28-22-19(21(32)26(3)23(28)33)18(20(31)25-10-15(30)12-29)16(34-22)8-14-9-24-17-6-4-5-7-27(14)17/h4-7,9,13,15,20,25,29-31H,8,10-12H2,1-3H3/t15-,20?/m0/s1. The number of nitrogens with zero attached hydrogens (tertiary/aromatic N) is 4. The summed E-state index contributed by atoms with van der Waals surface area (Å²) in [6, 6.07) is 5.68. The summed E-state index contributed by atoms with van der Waals surface area (Å²) in [6.07, 6.45) is 1.66. The van der Waals surface area contributed by atoms with Crippen molar-refractivity contribution in [3.63, 3.8) is 0 Å². The Morgan fingerprint density at radius 1 is 1.21 bits per heavy atom. The molecule has 0 saturated heterocycles. The van der Waals surface area contributed by atoms with Crippen LogP contribution in [-0.2, 0) is 20.0 Å². The first-order chi connectivity index (χ1) is 16.2. The van der Waals surface area contributed by atoms with Gasteiger partial charge >= 0.3 is 5.69 Å². The van der Waals surface area contributed by atoms with E-state index in [0.717, 1.165) is 15.9 Å². The highest BCUT2D eigenvalue weighted by Crippen LogP contribution is 2.34. The summed E-state index contributed by atoms with van der Waals surface area (Å²) in [5, 5.41) is 33.0. The first kappa shape index (κ1) is 24.3. The van der Waals surface area contributed by atoms with Crippen molar-refractivity contribution >= 4 is 27.2 Å². The van der Waals surface area contributed by atoms with E-state index in [4.69, 9.17) is 5.11 Å². The monoisotopic (exact) mass is 487 g/mol. The predicted octanol–water partition coefficient (Wildman–Crippen LogP) is 0.590. The van der Waals surface area contributed by atoms with E-state index in [9.17, 15) is 19.8 Å². The molecule has 4 rings (SSSR count). The van der Waals surface area contributed by atoms with Gasteiger partial charge in [-0.25, -0.2) is 9.78 Å². The van der Waals surface area contributed by atoms with Gasteiger partial charge in [0, 0.05) is 55.1 Å². The highest BCUT2D eigenvalue weighted by molar-refractivity contribution is 7.18. The topological polar surface area (TPSA) is 134 Å². The van der Waals surface area contributed by atoms with Gasteiger partial charge in [0.25, 0.3) is 5.56 Å². The summed E-state index contributed by atoms with van der Waals surface area (Å²) in [4.78, 5) is 31.8. The predicted molar refractivity (Wildman–Crippen MR) is 130 cm³/mol. The van der Waals surface area contributed by atoms with Gasteiger partial charge in [0.05, 0.1) is 18.1 Å². The van der Waals surface area contributed by atoms with Crippen LogP contribution in [-0.4, -0.2) is 53.1 Å². The lowest BCUT2D eigenvalue weighted by molar-refractivity contribution is 0.0672. The van der Waals surface area contributed by atoms with Crippen LogP contribution in [0.5, 0.6) is 0 Å². The Labute approximate surface area is 199 Å². The summed E-state index contributed by atoms with van der Waals surface area (Å²) < 4.78 is 4.58. The largest absolute Gasteiger partial charge is 0.394 e. The third-order valence-electron chi connectivity index (χ3n) is 5.70. The molecule has 0 fully saturated rings. The zero-order chi connectivity index (χ0) is 24.6. The number of pyridine rings is 1. The Balaban J connectivity index is 1.93. The Bertz CT molecular complexity index is 1430. The number of aliphatic hydroxyl groups is 3. The van der Waals surface area contributed by atoms with Crippen LogP contribution >= 0.6 is 11.3 Å². The number of fused-ring (bicyclic) bond motifs is 2. The molecule has 0 saturated carbocycles. The minimum Gasteiger partial charge on any atom is -0.394 e. The average molecular weight is 488 g/mol. The van der Waals surface area contributed by atoms with Crippen molar-refractivity contribution < 1.29 is 15.3 Å². The third kappa shape index (κ3) is 4.44. The SMILES string of the molecule is CC(C)Cn1c(=O)n(C)c(=O)c2c(C(O)NC[C@H](O)CO)c(Cc3cnc4ccccn34)sc21. The zero-order valence-electron chi connectivity index (χ0n) is 19.3. The number of imidazole rings is 1. The highest BCUT2D eigenvalue weighted by Gasteiger charge is 2.26. The molecule has 2 atom stereocenters. The van der Waals surface area contributed by atoms with Crippen molar-refractivity contribution in [1.82, 2.24) is 23.8 Å². The molecule has 4 aromatic heterocycles. The van der Waals surface area contributed by atoms with Gasteiger partial charge in [-0.2, -0.15) is 0 Å². The molecular weight excluding hydrogens is 458 g/mol. The quantitative estimate of drug-likeness (QED) is 0.254. The smallest absolute Gasteiger partial charge is 0.331 e. The average Bonchev–Trinajstić information content (AvgIpc) is 3.40. The normalized spacial score (nSPS) is 13.9. The number of hydrogen-bond acceptors (Lipinski definition) is 8. The molecule has 4 N–H and O–H groups in total. The number of rotatable bonds is 9. The van der Waals surface area contributed by atoms with Crippen molar-refractivity contribution in [3.8, 4) is 0 Å².